The van der Waals surface area contributed by atoms with E-state index in [1.165, 1.54) is 45.2 Å². The van der Waals surface area contributed by atoms with E-state index in [9.17, 15) is 8.42 Å². The SMILES string of the molecule is CCCN1CCC(NCCCS(C)(=O)=O)CC1. The van der Waals surface area contributed by atoms with Crippen molar-refractivity contribution in [2.24, 2.45) is 0 Å². The summed E-state index contributed by atoms with van der Waals surface area (Å²) in [5, 5.41) is 3.47. The number of likely N-dealkylation sites (tertiary alicyclic amines) is 1. The summed E-state index contributed by atoms with van der Waals surface area (Å²) in [6, 6.07) is 0.586. The Morgan fingerprint density at radius 1 is 1.29 bits per heavy atom. The Balaban J connectivity index is 2.06. The average Bonchev–Trinajstić information content (AvgIpc) is 2.26. The molecule has 1 rings (SSSR count). The summed E-state index contributed by atoms with van der Waals surface area (Å²) < 4.78 is 21.9. The van der Waals surface area contributed by atoms with E-state index in [1.807, 2.05) is 0 Å². The van der Waals surface area contributed by atoms with Crippen molar-refractivity contribution >= 4 is 9.84 Å². The highest BCUT2D eigenvalue weighted by molar-refractivity contribution is 7.90. The fourth-order valence-corrected chi connectivity index (χ4v) is 2.99. The first-order chi connectivity index (χ1) is 8.01. The first-order valence-electron chi connectivity index (χ1n) is 6.64. The van der Waals surface area contributed by atoms with E-state index in [-0.39, 0.29) is 0 Å². The van der Waals surface area contributed by atoms with Crippen LogP contribution in [0.2, 0.25) is 0 Å². The van der Waals surface area contributed by atoms with Gasteiger partial charge >= 0.3 is 0 Å². The van der Waals surface area contributed by atoms with Gasteiger partial charge in [0.2, 0.25) is 0 Å². The molecule has 1 fully saturated rings. The van der Waals surface area contributed by atoms with Crippen LogP contribution in [0.15, 0.2) is 0 Å². The number of nitrogens with one attached hydrogen (secondary N) is 1. The van der Waals surface area contributed by atoms with Gasteiger partial charge in [-0.3, -0.25) is 0 Å². The Bertz CT molecular complexity index is 296. The van der Waals surface area contributed by atoms with Gasteiger partial charge in [0.05, 0.1) is 5.75 Å². The second-order valence-corrected chi connectivity index (χ2v) is 7.31. The topological polar surface area (TPSA) is 49.4 Å². The molecule has 5 heteroatoms. The zero-order valence-electron chi connectivity index (χ0n) is 11.1. The van der Waals surface area contributed by atoms with Crippen LogP contribution >= 0.6 is 0 Å². The zero-order valence-corrected chi connectivity index (χ0v) is 11.9. The summed E-state index contributed by atoms with van der Waals surface area (Å²) in [5.41, 5.74) is 0. The lowest BCUT2D eigenvalue weighted by molar-refractivity contribution is 0.198. The van der Waals surface area contributed by atoms with Crippen LogP contribution in [0.5, 0.6) is 0 Å². The van der Waals surface area contributed by atoms with Crippen molar-refractivity contribution in [3.05, 3.63) is 0 Å². The largest absolute Gasteiger partial charge is 0.314 e. The van der Waals surface area contributed by atoms with Gasteiger partial charge < -0.3 is 10.2 Å². The molecule has 1 saturated heterocycles. The minimum Gasteiger partial charge on any atom is -0.314 e. The van der Waals surface area contributed by atoms with E-state index < -0.39 is 9.84 Å². The molecular weight excluding hydrogens is 236 g/mol. The maximum absolute atomic E-state index is 11.0. The molecule has 1 aliphatic heterocycles. The Morgan fingerprint density at radius 3 is 2.47 bits per heavy atom. The molecule has 0 saturated carbocycles. The number of hydrogen-bond donors (Lipinski definition) is 1. The zero-order chi connectivity index (χ0) is 12.7. The van der Waals surface area contributed by atoms with Crippen molar-refractivity contribution < 1.29 is 8.42 Å². The molecule has 0 amide bonds. The van der Waals surface area contributed by atoms with Gasteiger partial charge in [0, 0.05) is 12.3 Å². The van der Waals surface area contributed by atoms with Crippen LogP contribution in [-0.2, 0) is 9.84 Å². The molecule has 102 valence electrons. The lowest BCUT2D eigenvalue weighted by atomic mass is 10.0. The number of rotatable bonds is 7. The summed E-state index contributed by atoms with van der Waals surface area (Å²) in [6.45, 7) is 6.61. The number of nitrogens with zero attached hydrogens (tertiary/aromatic N) is 1. The van der Waals surface area contributed by atoms with Gasteiger partial charge in [0.15, 0.2) is 0 Å². The van der Waals surface area contributed by atoms with Gasteiger partial charge in [0.1, 0.15) is 9.84 Å². The number of piperidine rings is 1. The van der Waals surface area contributed by atoms with Gasteiger partial charge in [0.25, 0.3) is 0 Å². The highest BCUT2D eigenvalue weighted by Crippen LogP contribution is 2.10. The summed E-state index contributed by atoms with van der Waals surface area (Å²) in [7, 11) is -2.79. The van der Waals surface area contributed by atoms with Gasteiger partial charge in [-0.15, -0.1) is 0 Å². The van der Waals surface area contributed by atoms with Crippen molar-refractivity contribution in [2.45, 2.75) is 38.6 Å². The Hall–Kier alpha value is -0.130. The quantitative estimate of drug-likeness (QED) is 0.692. The molecule has 4 nitrogen and oxygen atoms in total. The van der Waals surface area contributed by atoms with Gasteiger partial charge in [-0.25, -0.2) is 8.42 Å². The second-order valence-electron chi connectivity index (χ2n) is 5.05. The number of sulfone groups is 1. The highest BCUT2D eigenvalue weighted by atomic mass is 32.2. The van der Waals surface area contributed by atoms with Gasteiger partial charge in [-0.2, -0.15) is 0 Å². The Morgan fingerprint density at radius 2 is 1.94 bits per heavy atom. The third-order valence-electron chi connectivity index (χ3n) is 3.25. The summed E-state index contributed by atoms with van der Waals surface area (Å²) >= 11 is 0. The maximum atomic E-state index is 11.0. The van der Waals surface area contributed by atoms with Crippen molar-refractivity contribution in [3.63, 3.8) is 0 Å². The monoisotopic (exact) mass is 262 g/mol. The molecule has 1 aliphatic rings. The van der Waals surface area contributed by atoms with Crippen LogP contribution in [0.25, 0.3) is 0 Å². The Labute approximate surface area is 106 Å². The van der Waals surface area contributed by atoms with E-state index >= 15 is 0 Å². The first kappa shape index (κ1) is 14.9. The van der Waals surface area contributed by atoms with Crippen LogP contribution in [0.4, 0.5) is 0 Å². The average molecular weight is 262 g/mol. The standard InChI is InChI=1S/C12H26N2O2S/c1-3-8-14-9-5-12(6-10-14)13-7-4-11-17(2,15)16/h12-13H,3-11H2,1-2H3. The Kier molecular flexibility index (Phi) is 6.44. The molecule has 17 heavy (non-hydrogen) atoms. The molecular formula is C12H26N2O2S. The van der Waals surface area contributed by atoms with Gasteiger partial charge in [-0.1, -0.05) is 6.92 Å². The van der Waals surface area contributed by atoms with Crippen molar-refractivity contribution in [1.29, 1.82) is 0 Å². The van der Waals surface area contributed by atoms with Crippen LogP contribution in [-0.4, -0.2) is 57.5 Å². The van der Waals surface area contributed by atoms with Crippen LogP contribution in [0.3, 0.4) is 0 Å². The molecule has 0 bridgehead atoms. The predicted octanol–water partition coefficient (Wildman–Crippen LogP) is 0.885. The van der Waals surface area contributed by atoms with Crippen LogP contribution in [0, 0.1) is 0 Å². The lowest BCUT2D eigenvalue weighted by Gasteiger charge is -2.32. The highest BCUT2D eigenvalue weighted by Gasteiger charge is 2.17. The molecule has 1 N–H and O–H groups in total. The fourth-order valence-electron chi connectivity index (χ4n) is 2.32. The summed E-state index contributed by atoms with van der Waals surface area (Å²) in [4.78, 5) is 2.51. The van der Waals surface area contributed by atoms with Gasteiger partial charge in [-0.05, 0) is 51.9 Å². The molecule has 0 aromatic rings. The van der Waals surface area contributed by atoms with Crippen LogP contribution < -0.4 is 5.32 Å². The molecule has 0 spiro atoms. The third kappa shape index (κ3) is 7.01. The number of hydrogen-bond acceptors (Lipinski definition) is 4. The smallest absolute Gasteiger partial charge is 0.147 e. The molecule has 0 radical (unpaired) electrons. The van der Waals surface area contributed by atoms with Crippen molar-refractivity contribution in [1.82, 2.24) is 10.2 Å². The third-order valence-corrected chi connectivity index (χ3v) is 4.28. The van der Waals surface area contributed by atoms with E-state index in [0.717, 1.165) is 13.0 Å². The fraction of sp³-hybridized carbons (Fsp3) is 1.00. The molecule has 0 aromatic heterocycles. The minimum absolute atomic E-state index is 0.300. The summed E-state index contributed by atoms with van der Waals surface area (Å²) in [6.07, 6.45) is 5.65. The lowest BCUT2D eigenvalue weighted by Crippen LogP contribution is -2.43. The van der Waals surface area contributed by atoms with Crippen molar-refractivity contribution in [3.8, 4) is 0 Å². The second kappa shape index (κ2) is 7.34. The van der Waals surface area contributed by atoms with E-state index in [0.29, 0.717) is 11.8 Å². The predicted molar refractivity (Wildman–Crippen MR) is 72.1 cm³/mol. The molecule has 0 unspecified atom stereocenters. The van der Waals surface area contributed by atoms with E-state index in [1.54, 1.807) is 0 Å². The molecule has 0 atom stereocenters. The van der Waals surface area contributed by atoms with E-state index in [4.69, 9.17) is 0 Å². The first-order valence-corrected chi connectivity index (χ1v) is 8.71. The summed E-state index contributed by atoms with van der Waals surface area (Å²) in [5.74, 6) is 0.300. The van der Waals surface area contributed by atoms with E-state index in [2.05, 4.69) is 17.1 Å². The van der Waals surface area contributed by atoms with Crippen molar-refractivity contribution in [2.75, 3.05) is 38.2 Å². The molecule has 0 aromatic carbocycles. The maximum Gasteiger partial charge on any atom is 0.147 e. The minimum atomic E-state index is -2.79. The normalized spacial score (nSPS) is 19.6. The van der Waals surface area contributed by atoms with Crippen LogP contribution in [0.1, 0.15) is 32.6 Å². The molecule has 1 heterocycles. The molecule has 0 aliphatic carbocycles.